The standard InChI is InChI=1S/C23H13ClO3S/c24-14-11-9-13(10-12-14)23(27)17-7-3-4-8-18(17)28-22-19(23)20(25)15-5-1-2-6-16(15)21(22)26/h1-12,27H. The van der Waals surface area contributed by atoms with Gasteiger partial charge in [0.15, 0.2) is 5.78 Å². The molecule has 3 aromatic rings. The molecular formula is C23H13ClO3S. The molecule has 5 heteroatoms. The van der Waals surface area contributed by atoms with Gasteiger partial charge in [0, 0.05) is 26.6 Å². The number of rotatable bonds is 1. The van der Waals surface area contributed by atoms with Gasteiger partial charge >= 0.3 is 0 Å². The van der Waals surface area contributed by atoms with Crippen molar-refractivity contribution in [2.24, 2.45) is 0 Å². The number of ketones is 2. The highest BCUT2D eigenvalue weighted by atomic mass is 35.5. The van der Waals surface area contributed by atoms with Gasteiger partial charge in [-0.3, -0.25) is 9.59 Å². The number of allylic oxidation sites excluding steroid dienone is 1. The van der Waals surface area contributed by atoms with Gasteiger partial charge in [0.05, 0.1) is 10.5 Å². The first-order valence-corrected chi connectivity index (χ1v) is 9.90. The predicted octanol–water partition coefficient (Wildman–Crippen LogP) is 5.01. The van der Waals surface area contributed by atoms with Gasteiger partial charge in [0.25, 0.3) is 0 Å². The van der Waals surface area contributed by atoms with Crippen LogP contribution in [0.25, 0.3) is 0 Å². The molecule has 1 aliphatic carbocycles. The van der Waals surface area contributed by atoms with Crippen molar-refractivity contribution in [1.82, 2.24) is 0 Å². The maximum Gasteiger partial charge on any atom is 0.201 e. The van der Waals surface area contributed by atoms with Gasteiger partial charge in [-0.15, -0.1) is 0 Å². The van der Waals surface area contributed by atoms with E-state index in [2.05, 4.69) is 0 Å². The average molecular weight is 405 g/mol. The number of carbonyl (C=O) groups is 2. The van der Waals surface area contributed by atoms with Crippen LogP contribution in [0.2, 0.25) is 5.02 Å². The third-order valence-corrected chi connectivity index (χ3v) is 6.61. The highest BCUT2D eigenvalue weighted by Gasteiger charge is 2.50. The molecule has 3 nitrogen and oxygen atoms in total. The van der Waals surface area contributed by atoms with Crippen LogP contribution >= 0.6 is 23.4 Å². The number of benzene rings is 3. The van der Waals surface area contributed by atoms with Crippen LogP contribution in [0.4, 0.5) is 0 Å². The van der Waals surface area contributed by atoms with Crippen molar-refractivity contribution in [2.45, 2.75) is 10.5 Å². The zero-order valence-corrected chi connectivity index (χ0v) is 16.1. The Morgan fingerprint density at radius 1 is 0.786 bits per heavy atom. The maximum absolute atomic E-state index is 13.5. The summed E-state index contributed by atoms with van der Waals surface area (Å²) in [7, 11) is 0. The molecule has 5 rings (SSSR count). The third kappa shape index (κ3) is 2.29. The van der Waals surface area contributed by atoms with Gasteiger partial charge in [-0.2, -0.15) is 0 Å². The molecule has 1 unspecified atom stereocenters. The van der Waals surface area contributed by atoms with Gasteiger partial charge in [-0.25, -0.2) is 0 Å². The normalized spacial score (nSPS) is 20.5. The quantitative estimate of drug-likeness (QED) is 0.619. The molecule has 1 heterocycles. The molecule has 3 aromatic carbocycles. The second-order valence-corrected chi connectivity index (χ2v) is 8.21. The summed E-state index contributed by atoms with van der Waals surface area (Å²) in [5, 5.41) is 12.5. The zero-order valence-electron chi connectivity index (χ0n) is 14.5. The molecule has 0 radical (unpaired) electrons. The topological polar surface area (TPSA) is 54.4 Å². The molecule has 2 aliphatic rings. The second kappa shape index (κ2) is 6.17. The molecule has 0 fully saturated rings. The number of carbonyl (C=O) groups excluding carboxylic acids is 2. The lowest BCUT2D eigenvalue weighted by Crippen LogP contribution is -2.40. The Morgan fingerprint density at radius 2 is 1.39 bits per heavy atom. The molecule has 0 aromatic heterocycles. The molecule has 1 aliphatic heterocycles. The van der Waals surface area contributed by atoms with Crippen LogP contribution < -0.4 is 0 Å². The number of aliphatic hydroxyl groups is 1. The number of Topliss-reactive ketones (excluding diaryl/α,β-unsaturated/α-hetero) is 2. The maximum atomic E-state index is 13.5. The van der Waals surface area contributed by atoms with Crippen LogP contribution in [0.3, 0.4) is 0 Å². The van der Waals surface area contributed by atoms with Crippen molar-refractivity contribution in [3.8, 4) is 0 Å². The molecule has 136 valence electrons. The van der Waals surface area contributed by atoms with Crippen LogP contribution in [0.15, 0.2) is 88.2 Å². The van der Waals surface area contributed by atoms with E-state index >= 15 is 0 Å². The Kier molecular flexibility index (Phi) is 3.85. The van der Waals surface area contributed by atoms with Crippen LogP contribution in [0.1, 0.15) is 31.8 Å². The molecule has 0 bridgehead atoms. The number of thioether (sulfide) groups is 1. The zero-order chi connectivity index (χ0) is 19.5. The fraction of sp³-hybridized carbons (Fsp3) is 0.0435. The number of fused-ring (bicyclic) bond motifs is 2. The fourth-order valence-corrected chi connectivity index (χ4v) is 5.23. The van der Waals surface area contributed by atoms with E-state index in [0.717, 1.165) is 4.90 Å². The Bertz CT molecular complexity index is 1200. The van der Waals surface area contributed by atoms with E-state index in [9.17, 15) is 14.7 Å². The summed E-state index contributed by atoms with van der Waals surface area (Å²) in [4.78, 5) is 27.7. The highest BCUT2D eigenvalue weighted by Crippen LogP contribution is 2.53. The lowest BCUT2D eigenvalue weighted by molar-refractivity contribution is 0.0821. The lowest BCUT2D eigenvalue weighted by atomic mass is 9.73. The number of halogens is 1. The minimum absolute atomic E-state index is 0.113. The summed E-state index contributed by atoms with van der Waals surface area (Å²) in [5.41, 5.74) is 0.152. The van der Waals surface area contributed by atoms with E-state index in [1.807, 2.05) is 18.2 Å². The minimum atomic E-state index is -1.73. The van der Waals surface area contributed by atoms with Crippen LogP contribution in [0.5, 0.6) is 0 Å². The fourth-order valence-electron chi connectivity index (χ4n) is 3.87. The lowest BCUT2D eigenvalue weighted by Gasteiger charge is -2.39. The van der Waals surface area contributed by atoms with Crippen molar-refractivity contribution in [3.63, 3.8) is 0 Å². The van der Waals surface area contributed by atoms with E-state index in [-0.39, 0.29) is 22.0 Å². The van der Waals surface area contributed by atoms with Crippen molar-refractivity contribution in [3.05, 3.63) is 111 Å². The minimum Gasteiger partial charge on any atom is -0.376 e. The summed E-state index contributed by atoms with van der Waals surface area (Å²) in [6.45, 7) is 0. The number of hydrogen-bond acceptors (Lipinski definition) is 4. The van der Waals surface area contributed by atoms with Crippen LogP contribution in [0, 0.1) is 0 Å². The molecular weight excluding hydrogens is 392 g/mol. The Labute approximate surface area is 170 Å². The summed E-state index contributed by atoms with van der Waals surface area (Å²) in [5.74, 6) is -0.568. The SMILES string of the molecule is O=C1C2=C(C(=O)c3ccccc31)C(O)(c1ccc(Cl)cc1)c1ccccc1S2. The summed E-state index contributed by atoms with van der Waals surface area (Å²) < 4.78 is 0. The average Bonchev–Trinajstić information content (AvgIpc) is 2.72. The Morgan fingerprint density at radius 3 is 2.11 bits per heavy atom. The molecule has 0 amide bonds. The van der Waals surface area contributed by atoms with Gasteiger partial charge in [-0.1, -0.05) is 78.0 Å². The van der Waals surface area contributed by atoms with Crippen molar-refractivity contribution >= 4 is 34.9 Å². The van der Waals surface area contributed by atoms with Crippen molar-refractivity contribution in [2.75, 3.05) is 0 Å². The molecule has 1 atom stereocenters. The van der Waals surface area contributed by atoms with E-state index in [0.29, 0.717) is 27.3 Å². The molecule has 1 N–H and O–H groups in total. The second-order valence-electron chi connectivity index (χ2n) is 6.72. The summed E-state index contributed by atoms with van der Waals surface area (Å²) in [6, 6.07) is 20.8. The first kappa shape index (κ1) is 17.4. The van der Waals surface area contributed by atoms with Crippen LogP contribution in [-0.2, 0) is 5.60 Å². The highest BCUT2D eigenvalue weighted by molar-refractivity contribution is 8.04. The van der Waals surface area contributed by atoms with E-state index < -0.39 is 5.60 Å². The van der Waals surface area contributed by atoms with Crippen molar-refractivity contribution in [1.29, 1.82) is 0 Å². The largest absolute Gasteiger partial charge is 0.376 e. The summed E-state index contributed by atoms with van der Waals surface area (Å²) >= 11 is 7.27. The van der Waals surface area contributed by atoms with Crippen molar-refractivity contribution < 1.29 is 14.7 Å². The van der Waals surface area contributed by atoms with E-state index in [1.54, 1.807) is 54.6 Å². The van der Waals surface area contributed by atoms with Gasteiger partial charge in [0.1, 0.15) is 5.60 Å². The number of hydrogen-bond donors (Lipinski definition) is 1. The van der Waals surface area contributed by atoms with E-state index in [4.69, 9.17) is 11.6 Å². The van der Waals surface area contributed by atoms with Gasteiger partial charge in [-0.05, 0) is 23.8 Å². The van der Waals surface area contributed by atoms with E-state index in [1.165, 1.54) is 11.8 Å². The van der Waals surface area contributed by atoms with Gasteiger partial charge < -0.3 is 5.11 Å². The van der Waals surface area contributed by atoms with Crippen LogP contribution in [-0.4, -0.2) is 16.7 Å². The molecule has 0 saturated heterocycles. The smallest absolute Gasteiger partial charge is 0.201 e. The Hall–Kier alpha value is -2.66. The first-order valence-electron chi connectivity index (χ1n) is 8.71. The monoisotopic (exact) mass is 404 g/mol. The molecule has 28 heavy (non-hydrogen) atoms. The molecule has 0 saturated carbocycles. The Balaban J connectivity index is 1.85. The third-order valence-electron chi connectivity index (χ3n) is 5.19. The predicted molar refractivity (Wildman–Crippen MR) is 109 cm³/mol. The molecule has 0 spiro atoms. The summed E-state index contributed by atoms with van der Waals surface area (Å²) in [6.07, 6.45) is 0. The first-order chi connectivity index (χ1) is 13.5. The van der Waals surface area contributed by atoms with Gasteiger partial charge in [0.2, 0.25) is 5.78 Å².